The third-order valence-corrected chi connectivity index (χ3v) is 8.34. The van der Waals surface area contributed by atoms with Gasteiger partial charge in [0.1, 0.15) is 0 Å². The van der Waals surface area contributed by atoms with Crippen molar-refractivity contribution >= 4 is 45.0 Å². The number of amides is 2. The lowest BCUT2D eigenvalue weighted by molar-refractivity contribution is -0.120. The fraction of sp³-hybridized carbons (Fsp3) is 0.333. The van der Waals surface area contributed by atoms with Gasteiger partial charge in [0.05, 0.1) is 15.8 Å². The molecule has 7 nitrogen and oxygen atoms in total. The predicted molar refractivity (Wildman–Crippen MR) is 119 cm³/mol. The fourth-order valence-electron chi connectivity index (χ4n) is 3.27. The summed E-state index contributed by atoms with van der Waals surface area (Å²) in [6.45, 7) is 6.03. The van der Waals surface area contributed by atoms with Gasteiger partial charge in [0.15, 0.2) is 0 Å². The van der Waals surface area contributed by atoms with E-state index in [0.29, 0.717) is 24.3 Å². The normalized spacial score (nSPS) is 16.1. The van der Waals surface area contributed by atoms with Gasteiger partial charge in [-0.1, -0.05) is 32.0 Å². The van der Waals surface area contributed by atoms with Crippen LogP contribution in [0.2, 0.25) is 0 Å². The number of nitrogens with zero attached hydrogens (tertiary/aromatic N) is 1. The number of anilines is 2. The Balaban J connectivity index is 1.74. The number of sulfonamides is 1. The smallest absolute Gasteiger partial charge is 0.243 e. The maximum Gasteiger partial charge on any atom is 0.243 e. The largest absolute Gasteiger partial charge is 0.326 e. The first-order valence-corrected chi connectivity index (χ1v) is 12.1. The van der Waals surface area contributed by atoms with Crippen molar-refractivity contribution in [3.8, 4) is 0 Å². The maximum absolute atomic E-state index is 12.9. The molecule has 0 bridgehead atoms. The second-order valence-corrected chi connectivity index (χ2v) is 10.1. The van der Waals surface area contributed by atoms with Gasteiger partial charge >= 0.3 is 0 Å². The molecule has 2 aromatic carbocycles. The van der Waals surface area contributed by atoms with Gasteiger partial charge in [0.25, 0.3) is 0 Å². The molecule has 0 spiro atoms. The summed E-state index contributed by atoms with van der Waals surface area (Å²) in [5.74, 6) is -0.570. The third-order valence-electron chi connectivity index (χ3n) is 4.87. The predicted octanol–water partition coefficient (Wildman–Crippen LogP) is 3.47. The standard InChI is InChI=1S/C21H25N3O4S2/c1-4-24(5-2)30(27,28)19-12-15(11-10-14(19)3)22-20(25)13-18-21(26)23-16-8-6-7-9-17(16)29-18/h6-12,18H,4-5,13H2,1-3H3,(H,22,25)(H,23,26). The quantitative estimate of drug-likeness (QED) is 0.678. The van der Waals surface area contributed by atoms with E-state index in [-0.39, 0.29) is 23.1 Å². The van der Waals surface area contributed by atoms with E-state index >= 15 is 0 Å². The van der Waals surface area contributed by atoms with Gasteiger partial charge in [-0.05, 0) is 36.8 Å². The number of benzene rings is 2. The van der Waals surface area contributed by atoms with Crippen molar-refractivity contribution in [3.05, 3.63) is 48.0 Å². The minimum Gasteiger partial charge on any atom is -0.326 e. The average molecular weight is 448 g/mol. The number of fused-ring (bicyclic) bond motifs is 1. The summed E-state index contributed by atoms with van der Waals surface area (Å²) in [6.07, 6.45) is -0.0170. The molecule has 0 saturated carbocycles. The first kappa shape index (κ1) is 22.3. The fourth-order valence-corrected chi connectivity index (χ4v) is 6.09. The summed E-state index contributed by atoms with van der Waals surface area (Å²) in [6, 6.07) is 12.3. The number of carbonyl (C=O) groups is 2. The number of thioether (sulfide) groups is 1. The molecule has 9 heteroatoms. The Morgan fingerprint density at radius 2 is 1.87 bits per heavy atom. The van der Waals surface area contributed by atoms with Crippen molar-refractivity contribution in [2.24, 2.45) is 0 Å². The topological polar surface area (TPSA) is 95.6 Å². The van der Waals surface area contributed by atoms with Crippen LogP contribution in [0.3, 0.4) is 0 Å². The molecular weight excluding hydrogens is 422 g/mol. The number of hydrogen-bond donors (Lipinski definition) is 2. The van der Waals surface area contributed by atoms with E-state index in [1.54, 1.807) is 32.9 Å². The number of hydrogen-bond acceptors (Lipinski definition) is 5. The van der Waals surface area contributed by atoms with Crippen molar-refractivity contribution in [1.82, 2.24) is 4.31 Å². The molecule has 2 aromatic rings. The summed E-state index contributed by atoms with van der Waals surface area (Å²) in [7, 11) is -3.65. The van der Waals surface area contributed by atoms with E-state index in [9.17, 15) is 18.0 Å². The Kier molecular flexibility index (Phi) is 6.84. The lowest BCUT2D eigenvalue weighted by atomic mass is 10.2. The summed E-state index contributed by atoms with van der Waals surface area (Å²) < 4.78 is 27.2. The Labute approximate surface area is 181 Å². The zero-order chi connectivity index (χ0) is 21.9. The second-order valence-electron chi connectivity index (χ2n) is 6.91. The molecule has 0 aromatic heterocycles. The first-order chi connectivity index (χ1) is 14.3. The van der Waals surface area contributed by atoms with Crippen LogP contribution in [0.5, 0.6) is 0 Å². The molecule has 1 aliphatic rings. The van der Waals surface area contributed by atoms with Crippen molar-refractivity contribution < 1.29 is 18.0 Å². The SMILES string of the molecule is CCN(CC)S(=O)(=O)c1cc(NC(=O)CC2Sc3ccccc3NC2=O)ccc1C. The highest BCUT2D eigenvalue weighted by atomic mass is 32.2. The maximum atomic E-state index is 12.9. The van der Waals surface area contributed by atoms with E-state index in [4.69, 9.17) is 0 Å². The molecule has 0 aliphatic carbocycles. The van der Waals surface area contributed by atoms with Crippen LogP contribution >= 0.6 is 11.8 Å². The van der Waals surface area contributed by atoms with Gasteiger partial charge in [0, 0.05) is 30.1 Å². The van der Waals surface area contributed by atoms with Crippen LogP contribution in [0.25, 0.3) is 0 Å². The van der Waals surface area contributed by atoms with E-state index in [0.717, 1.165) is 10.6 Å². The molecule has 160 valence electrons. The van der Waals surface area contributed by atoms with Crippen LogP contribution in [0, 0.1) is 6.92 Å². The first-order valence-electron chi connectivity index (χ1n) is 9.73. The zero-order valence-corrected chi connectivity index (χ0v) is 18.8. The number of para-hydroxylation sites is 1. The zero-order valence-electron chi connectivity index (χ0n) is 17.1. The van der Waals surface area contributed by atoms with Gasteiger partial charge < -0.3 is 10.6 Å². The number of rotatable bonds is 7. The van der Waals surface area contributed by atoms with Gasteiger partial charge in [-0.15, -0.1) is 11.8 Å². The van der Waals surface area contributed by atoms with Crippen LogP contribution in [-0.2, 0) is 19.6 Å². The molecule has 0 fully saturated rings. The Morgan fingerprint density at radius 3 is 2.57 bits per heavy atom. The number of carbonyl (C=O) groups excluding carboxylic acids is 2. The molecular formula is C21H25N3O4S2. The highest BCUT2D eigenvalue weighted by Gasteiger charge is 2.29. The van der Waals surface area contributed by atoms with Crippen molar-refractivity contribution in [3.63, 3.8) is 0 Å². The average Bonchev–Trinajstić information content (AvgIpc) is 2.70. The number of aryl methyl sites for hydroxylation is 1. The van der Waals surface area contributed by atoms with E-state index in [2.05, 4.69) is 10.6 Å². The van der Waals surface area contributed by atoms with Crippen LogP contribution in [-0.4, -0.2) is 42.9 Å². The van der Waals surface area contributed by atoms with Gasteiger partial charge in [-0.3, -0.25) is 9.59 Å². The van der Waals surface area contributed by atoms with Gasteiger partial charge in [0.2, 0.25) is 21.8 Å². The molecule has 1 unspecified atom stereocenters. The van der Waals surface area contributed by atoms with Crippen LogP contribution in [0.4, 0.5) is 11.4 Å². The van der Waals surface area contributed by atoms with E-state index < -0.39 is 15.3 Å². The van der Waals surface area contributed by atoms with Crippen LogP contribution < -0.4 is 10.6 Å². The highest BCUT2D eigenvalue weighted by Crippen LogP contribution is 2.36. The Morgan fingerprint density at radius 1 is 1.17 bits per heavy atom. The molecule has 1 aliphatic heterocycles. The molecule has 2 amide bonds. The second kappa shape index (κ2) is 9.20. The highest BCUT2D eigenvalue weighted by molar-refractivity contribution is 8.01. The Bertz CT molecular complexity index is 1070. The minimum atomic E-state index is -3.65. The molecule has 1 atom stereocenters. The minimum absolute atomic E-state index is 0.0170. The number of nitrogens with one attached hydrogen (secondary N) is 2. The van der Waals surface area contributed by atoms with Gasteiger partial charge in [-0.25, -0.2) is 8.42 Å². The molecule has 0 radical (unpaired) electrons. The van der Waals surface area contributed by atoms with E-state index in [1.165, 1.54) is 22.1 Å². The molecule has 1 heterocycles. The molecule has 2 N–H and O–H groups in total. The summed E-state index contributed by atoms with van der Waals surface area (Å²) in [4.78, 5) is 26.0. The van der Waals surface area contributed by atoms with Crippen molar-refractivity contribution in [2.45, 2.75) is 42.2 Å². The van der Waals surface area contributed by atoms with E-state index in [1.807, 2.05) is 24.3 Å². The van der Waals surface area contributed by atoms with Gasteiger partial charge in [-0.2, -0.15) is 4.31 Å². The van der Waals surface area contributed by atoms with Crippen LogP contribution in [0.15, 0.2) is 52.3 Å². The summed E-state index contributed by atoms with van der Waals surface area (Å²) >= 11 is 1.35. The van der Waals surface area contributed by atoms with Crippen molar-refractivity contribution in [2.75, 3.05) is 23.7 Å². The summed E-state index contributed by atoms with van der Waals surface area (Å²) in [5, 5.41) is 5.00. The third kappa shape index (κ3) is 4.69. The lowest BCUT2D eigenvalue weighted by Gasteiger charge is -2.23. The molecule has 30 heavy (non-hydrogen) atoms. The monoisotopic (exact) mass is 447 g/mol. The Hall–Kier alpha value is -2.36. The lowest BCUT2D eigenvalue weighted by Crippen LogP contribution is -2.32. The molecule has 0 saturated heterocycles. The molecule has 3 rings (SSSR count). The summed E-state index contributed by atoms with van der Waals surface area (Å²) in [5.41, 5.74) is 1.74. The van der Waals surface area contributed by atoms with Crippen LogP contribution in [0.1, 0.15) is 25.8 Å². The van der Waals surface area contributed by atoms with Crippen molar-refractivity contribution in [1.29, 1.82) is 0 Å².